The van der Waals surface area contributed by atoms with E-state index >= 15 is 0 Å². The smallest absolute Gasteiger partial charge is 0.341 e. The van der Waals surface area contributed by atoms with Crippen molar-refractivity contribution >= 4 is 16.0 Å². The molecule has 0 unspecified atom stereocenters. The van der Waals surface area contributed by atoms with E-state index in [-0.39, 0.29) is 21.9 Å². The zero-order chi connectivity index (χ0) is 20.3. The molecule has 2 heterocycles. The summed E-state index contributed by atoms with van der Waals surface area (Å²) in [5.74, 6) is -0.884. The van der Waals surface area contributed by atoms with E-state index in [0.717, 1.165) is 0 Å². The van der Waals surface area contributed by atoms with Crippen LogP contribution >= 0.6 is 0 Å². The Hall–Kier alpha value is -3.24. The highest BCUT2D eigenvalue weighted by atomic mass is 32.2. The number of carboxylic acids is 1. The quantitative estimate of drug-likeness (QED) is 0.615. The summed E-state index contributed by atoms with van der Waals surface area (Å²) in [4.78, 5) is 15.7. The van der Waals surface area contributed by atoms with Crippen molar-refractivity contribution in [3.63, 3.8) is 0 Å². The second kappa shape index (κ2) is 7.79. The highest BCUT2D eigenvalue weighted by molar-refractivity contribution is 7.89. The molecule has 28 heavy (non-hydrogen) atoms. The Morgan fingerprint density at radius 1 is 1.25 bits per heavy atom. The molecule has 146 valence electrons. The van der Waals surface area contributed by atoms with Crippen LogP contribution in [-0.4, -0.2) is 36.7 Å². The van der Waals surface area contributed by atoms with Crippen LogP contribution in [0.3, 0.4) is 0 Å². The lowest BCUT2D eigenvalue weighted by atomic mass is 10.1. The summed E-state index contributed by atoms with van der Waals surface area (Å²) >= 11 is 0. The monoisotopic (exact) mass is 403 g/mol. The number of methoxy groups -OCH3 is 1. The number of sulfonamides is 1. The van der Waals surface area contributed by atoms with Gasteiger partial charge in [0.1, 0.15) is 17.0 Å². The molecule has 9 nitrogen and oxygen atoms in total. The SMILES string of the molecule is COc1ccc(S(=O)(=O)N[C@H](C)c2onc(-c3cccnc3)c2C(=O)O)cc1. The fourth-order valence-corrected chi connectivity index (χ4v) is 3.82. The van der Waals surface area contributed by atoms with Gasteiger partial charge in [-0.3, -0.25) is 4.98 Å². The average Bonchev–Trinajstić information content (AvgIpc) is 3.14. The normalized spacial score (nSPS) is 12.5. The number of pyridine rings is 1. The Morgan fingerprint density at radius 3 is 2.54 bits per heavy atom. The molecule has 0 amide bonds. The van der Waals surface area contributed by atoms with Gasteiger partial charge in [0.2, 0.25) is 10.0 Å². The van der Waals surface area contributed by atoms with Crippen LogP contribution in [0.1, 0.15) is 29.1 Å². The molecule has 3 rings (SSSR count). The second-order valence-electron chi connectivity index (χ2n) is 5.84. The van der Waals surface area contributed by atoms with Crippen molar-refractivity contribution in [2.24, 2.45) is 0 Å². The number of hydrogen-bond acceptors (Lipinski definition) is 7. The van der Waals surface area contributed by atoms with Crippen LogP contribution in [0, 0.1) is 0 Å². The maximum absolute atomic E-state index is 12.6. The molecule has 0 aliphatic carbocycles. The largest absolute Gasteiger partial charge is 0.497 e. The third kappa shape index (κ3) is 3.87. The molecule has 0 saturated carbocycles. The molecular formula is C18H17N3O6S. The minimum Gasteiger partial charge on any atom is -0.497 e. The third-order valence-electron chi connectivity index (χ3n) is 3.96. The molecule has 1 aromatic carbocycles. The summed E-state index contributed by atoms with van der Waals surface area (Å²) in [6.07, 6.45) is 2.98. The number of carboxylic acid groups (broad SMARTS) is 1. The van der Waals surface area contributed by atoms with Crippen LogP contribution in [0.5, 0.6) is 5.75 Å². The van der Waals surface area contributed by atoms with Crippen molar-refractivity contribution in [2.75, 3.05) is 7.11 Å². The van der Waals surface area contributed by atoms with Crippen molar-refractivity contribution in [3.8, 4) is 17.0 Å². The van der Waals surface area contributed by atoms with E-state index in [9.17, 15) is 18.3 Å². The fourth-order valence-electron chi connectivity index (χ4n) is 2.61. The van der Waals surface area contributed by atoms with Gasteiger partial charge in [0.15, 0.2) is 5.76 Å². The Kier molecular flexibility index (Phi) is 5.43. The van der Waals surface area contributed by atoms with E-state index in [2.05, 4.69) is 14.9 Å². The Labute approximate surface area is 161 Å². The molecule has 2 N–H and O–H groups in total. The fraction of sp³-hybridized carbons (Fsp3) is 0.167. The van der Waals surface area contributed by atoms with E-state index in [4.69, 9.17) is 9.26 Å². The molecule has 3 aromatic rings. The van der Waals surface area contributed by atoms with Gasteiger partial charge in [-0.2, -0.15) is 0 Å². The molecule has 0 aliphatic rings. The first-order chi connectivity index (χ1) is 13.3. The number of nitrogens with one attached hydrogen (secondary N) is 1. The minimum absolute atomic E-state index is 0.00373. The molecule has 1 atom stereocenters. The van der Waals surface area contributed by atoms with Crippen LogP contribution in [0.15, 0.2) is 58.2 Å². The second-order valence-corrected chi connectivity index (χ2v) is 7.55. The molecular weight excluding hydrogens is 386 g/mol. The molecule has 0 aliphatic heterocycles. The van der Waals surface area contributed by atoms with Crippen LogP contribution in [0.25, 0.3) is 11.3 Å². The van der Waals surface area contributed by atoms with E-state index in [1.165, 1.54) is 50.7 Å². The van der Waals surface area contributed by atoms with Crippen molar-refractivity contribution in [2.45, 2.75) is 17.9 Å². The Morgan fingerprint density at radius 2 is 1.96 bits per heavy atom. The van der Waals surface area contributed by atoms with Crippen LogP contribution in [-0.2, 0) is 10.0 Å². The first-order valence-electron chi connectivity index (χ1n) is 8.13. The number of hydrogen-bond donors (Lipinski definition) is 2. The summed E-state index contributed by atoms with van der Waals surface area (Å²) < 4.78 is 37.8. The van der Waals surface area contributed by atoms with Gasteiger partial charge < -0.3 is 14.4 Å². The average molecular weight is 403 g/mol. The van der Waals surface area contributed by atoms with Gasteiger partial charge in [-0.15, -0.1) is 0 Å². The number of carbonyl (C=O) groups is 1. The Balaban J connectivity index is 1.93. The van der Waals surface area contributed by atoms with Gasteiger partial charge in [-0.05, 0) is 43.3 Å². The molecule has 0 spiro atoms. The first-order valence-corrected chi connectivity index (χ1v) is 9.61. The van der Waals surface area contributed by atoms with Crippen LogP contribution in [0.2, 0.25) is 0 Å². The van der Waals surface area contributed by atoms with E-state index in [1.54, 1.807) is 12.1 Å². The number of nitrogens with zero attached hydrogens (tertiary/aromatic N) is 2. The number of rotatable bonds is 7. The summed E-state index contributed by atoms with van der Waals surface area (Å²) in [5.41, 5.74) is 0.295. The molecule has 0 saturated heterocycles. The van der Waals surface area contributed by atoms with Crippen LogP contribution < -0.4 is 9.46 Å². The van der Waals surface area contributed by atoms with Gasteiger partial charge in [-0.25, -0.2) is 17.9 Å². The summed E-state index contributed by atoms with van der Waals surface area (Å²) in [6, 6.07) is 8.07. The number of aromatic nitrogens is 2. The Bertz CT molecular complexity index is 1080. The first kappa shape index (κ1) is 19.5. The molecule has 0 fully saturated rings. The number of ether oxygens (including phenoxy) is 1. The summed E-state index contributed by atoms with van der Waals surface area (Å²) in [6.45, 7) is 1.47. The lowest BCUT2D eigenvalue weighted by Crippen LogP contribution is -2.27. The van der Waals surface area contributed by atoms with E-state index < -0.39 is 22.0 Å². The van der Waals surface area contributed by atoms with E-state index in [0.29, 0.717) is 11.3 Å². The van der Waals surface area contributed by atoms with Gasteiger partial charge >= 0.3 is 5.97 Å². The van der Waals surface area contributed by atoms with Crippen molar-refractivity contribution in [1.82, 2.24) is 14.9 Å². The van der Waals surface area contributed by atoms with Crippen LogP contribution in [0.4, 0.5) is 0 Å². The van der Waals surface area contributed by atoms with Crippen molar-refractivity contribution in [3.05, 3.63) is 60.1 Å². The maximum Gasteiger partial charge on any atom is 0.341 e. The predicted octanol–water partition coefficient (Wildman–Crippen LogP) is 2.48. The third-order valence-corrected chi connectivity index (χ3v) is 5.52. The van der Waals surface area contributed by atoms with Gasteiger partial charge in [-0.1, -0.05) is 5.16 Å². The number of benzene rings is 1. The maximum atomic E-state index is 12.6. The topological polar surface area (TPSA) is 132 Å². The highest BCUT2D eigenvalue weighted by Gasteiger charge is 2.30. The predicted molar refractivity (Wildman–Crippen MR) is 98.4 cm³/mol. The zero-order valence-corrected chi connectivity index (χ0v) is 15.8. The van der Waals surface area contributed by atoms with Gasteiger partial charge in [0.05, 0.1) is 18.0 Å². The number of aromatic carboxylic acids is 1. The minimum atomic E-state index is -3.93. The molecule has 2 aromatic heterocycles. The lowest BCUT2D eigenvalue weighted by molar-refractivity contribution is 0.0694. The standard InChI is InChI=1S/C18H17N3O6S/c1-11(21-28(24,25)14-7-5-13(26-2)6-8-14)17-15(18(22)23)16(20-27-17)12-4-3-9-19-10-12/h3-11,21H,1-2H3,(H,22,23)/t11-/m1/s1. The zero-order valence-electron chi connectivity index (χ0n) is 15.0. The lowest BCUT2D eigenvalue weighted by Gasteiger charge is -2.13. The summed E-state index contributed by atoms with van der Waals surface area (Å²) in [5, 5.41) is 13.4. The van der Waals surface area contributed by atoms with E-state index in [1.807, 2.05) is 0 Å². The van der Waals surface area contributed by atoms with Crippen molar-refractivity contribution in [1.29, 1.82) is 0 Å². The highest BCUT2D eigenvalue weighted by Crippen LogP contribution is 2.29. The molecule has 10 heteroatoms. The van der Waals surface area contributed by atoms with Gasteiger partial charge in [0.25, 0.3) is 0 Å². The van der Waals surface area contributed by atoms with Gasteiger partial charge in [0, 0.05) is 18.0 Å². The molecule has 0 radical (unpaired) electrons. The molecule has 0 bridgehead atoms. The summed E-state index contributed by atoms with van der Waals surface area (Å²) in [7, 11) is -2.46. The van der Waals surface area contributed by atoms with Crippen molar-refractivity contribution < 1.29 is 27.6 Å².